The lowest BCUT2D eigenvalue weighted by Crippen LogP contribution is -2.13. The molecule has 0 saturated heterocycles. The fourth-order valence-electron chi connectivity index (χ4n) is 2.67. The highest BCUT2D eigenvalue weighted by atomic mass is 32.2. The third-order valence-electron chi connectivity index (χ3n) is 3.86. The number of anilines is 4. The predicted octanol–water partition coefficient (Wildman–Crippen LogP) is 3.60. The van der Waals surface area contributed by atoms with Gasteiger partial charge >= 0.3 is 0 Å². The summed E-state index contributed by atoms with van der Waals surface area (Å²) in [6.45, 7) is 5.16. The van der Waals surface area contributed by atoms with Gasteiger partial charge in [-0.05, 0) is 68.4 Å². The van der Waals surface area contributed by atoms with Gasteiger partial charge in [-0.3, -0.25) is 9.52 Å². The molecule has 3 rings (SSSR count). The summed E-state index contributed by atoms with van der Waals surface area (Å²) in [6, 6.07) is 14.6. The quantitative estimate of drug-likeness (QED) is 0.571. The molecule has 1 heterocycles. The van der Waals surface area contributed by atoms with E-state index in [4.69, 9.17) is 0 Å². The molecule has 8 nitrogen and oxygen atoms in total. The van der Waals surface area contributed by atoms with Crippen LogP contribution in [0.15, 0.2) is 59.5 Å². The minimum absolute atomic E-state index is 0.0949. The molecule has 0 aliphatic rings. The minimum Gasteiger partial charge on any atom is -0.326 e. The first kappa shape index (κ1) is 20.3. The third-order valence-corrected chi connectivity index (χ3v) is 5.26. The Hall–Kier alpha value is -3.46. The van der Waals surface area contributed by atoms with Crippen LogP contribution < -0.4 is 15.4 Å². The van der Waals surface area contributed by atoms with Crippen LogP contribution >= 0.6 is 0 Å². The Balaban J connectivity index is 1.70. The number of hydrogen-bond donors (Lipinski definition) is 3. The number of amides is 1. The van der Waals surface area contributed by atoms with E-state index < -0.39 is 10.0 Å². The summed E-state index contributed by atoms with van der Waals surface area (Å²) >= 11 is 0. The number of carbonyl (C=O) groups is 1. The molecule has 3 N–H and O–H groups in total. The van der Waals surface area contributed by atoms with E-state index in [1.807, 2.05) is 19.9 Å². The number of aryl methyl sites for hydroxylation is 2. The smallest absolute Gasteiger partial charge is 0.261 e. The summed E-state index contributed by atoms with van der Waals surface area (Å²) < 4.78 is 27.6. The van der Waals surface area contributed by atoms with E-state index in [1.165, 1.54) is 31.2 Å². The highest BCUT2D eigenvalue weighted by Crippen LogP contribution is 2.21. The molecule has 0 radical (unpaired) electrons. The van der Waals surface area contributed by atoms with Crippen molar-refractivity contribution in [1.29, 1.82) is 0 Å². The van der Waals surface area contributed by atoms with Crippen LogP contribution in [0.3, 0.4) is 0 Å². The van der Waals surface area contributed by atoms with Crippen LogP contribution in [0.2, 0.25) is 0 Å². The molecule has 0 aliphatic carbocycles. The van der Waals surface area contributed by atoms with Crippen molar-refractivity contribution < 1.29 is 13.2 Å². The molecule has 0 saturated carbocycles. The molecule has 0 aliphatic heterocycles. The van der Waals surface area contributed by atoms with Crippen LogP contribution in [0.4, 0.5) is 23.0 Å². The summed E-state index contributed by atoms with van der Waals surface area (Å²) in [5.41, 5.74) is 3.39. The average molecular weight is 411 g/mol. The van der Waals surface area contributed by atoms with Crippen LogP contribution in [-0.2, 0) is 14.8 Å². The molecule has 1 amide bonds. The van der Waals surface area contributed by atoms with Gasteiger partial charge in [-0.25, -0.2) is 18.4 Å². The van der Waals surface area contributed by atoms with Crippen molar-refractivity contribution in [2.24, 2.45) is 0 Å². The second-order valence-electron chi connectivity index (χ2n) is 6.49. The molecule has 3 aromatic rings. The zero-order valence-electron chi connectivity index (χ0n) is 16.2. The monoisotopic (exact) mass is 411 g/mol. The van der Waals surface area contributed by atoms with E-state index in [-0.39, 0.29) is 10.8 Å². The number of rotatable bonds is 6. The highest BCUT2D eigenvalue weighted by Gasteiger charge is 2.14. The number of nitrogens with zero attached hydrogens (tertiary/aromatic N) is 2. The van der Waals surface area contributed by atoms with Gasteiger partial charge in [0.15, 0.2) is 0 Å². The topological polar surface area (TPSA) is 113 Å². The zero-order chi connectivity index (χ0) is 21.0. The molecule has 150 valence electrons. The highest BCUT2D eigenvalue weighted by molar-refractivity contribution is 7.92. The summed E-state index contributed by atoms with van der Waals surface area (Å²) in [6.07, 6.45) is 0. The van der Waals surface area contributed by atoms with Gasteiger partial charge < -0.3 is 10.6 Å². The van der Waals surface area contributed by atoms with E-state index in [0.29, 0.717) is 17.3 Å². The van der Waals surface area contributed by atoms with Crippen LogP contribution in [-0.4, -0.2) is 24.3 Å². The molecule has 0 fully saturated rings. The molecule has 0 unspecified atom stereocenters. The number of sulfonamides is 1. The van der Waals surface area contributed by atoms with Crippen molar-refractivity contribution >= 4 is 38.9 Å². The van der Waals surface area contributed by atoms with Gasteiger partial charge in [0.05, 0.1) is 4.90 Å². The lowest BCUT2D eigenvalue weighted by molar-refractivity contribution is -0.114. The lowest BCUT2D eigenvalue weighted by atomic mass is 10.3. The fourth-order valence-corrected chi connectivity index (χ4v) is 3.73. The molecular formula is C20H21N5O3S. The van der Waals surface area contributed by atoms with Gasteiger partial charge in [-0.2, -0.15) is 0 Å². The minimum atomic E-state index is -3.75. The number of hydrogen-bond acceptors (Lipinski definition) is 6. The van der Waals surface area contributed by atoms with Crippen LogP contribution in [0, 0.1) is 13.8 Å². The maximum Gasteiger partial charge on any atom is 0.261 e. The normalized spacial score (nSPS) is 11.0. The Bertz CT molecular complexity index is 1110. The standard InChI is InChI=1S/C20H21N5O3S/c1-13-12-14(2)22-20(21-13)24-17-4-6-18(7-5-17)25-29(27,28)19-10-8-16(9-11-19)23-15(3)26/h4-12,25H,1-3H3,(H,23,26)(H,21,22,24). The van der Waals surface area contributed by atoms with Crippen molar-refractivity contribution in [1.82, 2.24) is 9.97 Å². The van der Waals surface area contributed by atoms with Crippen molar-refractivity contribution in [2.45, 2.75) is 25.7 Å². The molecule has 29 heavy (non-hydrogen) atoms. The predicted molar refractivity (Wildman–Crippen MR) is 113 cm³/mol. The van der Waals surface area contributed by atoms with E-state index in [1.54, 1.807) is 24.3 Å². The Morgan fingerprint density at radius 3 is 1.90 bits per heavy atom. The summed E-state index contributed by atoms with van der Waals surface area (Å²) in [5.74, 6) is 0.258. The third kappa shape index (κ3) is 5.52. The lowest BCUT2D eigenvalue weighted by Gasteiger charge is -2.11. The van der Waals surface area contributed by atoms with Crippen molar-refractivity contribution in [3.8, 4) is 0 Å². The van der Waals surface area contributed by atoms with Gasteiger partial charge in [-0.1, -0.05) is 0 Å². The molecule has 9 heteroatoms. The maximum absolute atomic E-state index is 12.6. The maximum atomic E-state index is 12.6. The zero-order valence-corrected chi connectivity index (χ0v) is 17.0. The molecule has 0 spiro atoms. The first-order chi connectivity index (χ1) is 13.7. The van der Waals surface area contributed by atoms with Crippen LogP contribution in [0.5, 0.6) is 0 Å². The number of benzene rings is 2. The first-order valence-electron chi connectivity index (χ1n) is 8.81. The van der Waals surface area contributed by atoms with E-state index >= 15 is 0 Å². The van der Waals surface area contributed by atoms with E-state index in [2.05, 4.69) is 25.3 Å². The Morgan fingerprint density at radius 2 is 1.34 bits per heavy atom. The van der Waals surface area contributed by atoms with Crippen molar-refractivity contribution in [3.05, 3.63) is 66.0 Å². The van der Waals surface area contributed by atoms with Gasteiger partial charge in [0, 0.05) is 35.4 Å². The van der Waals surface area contributed by atoms with Crippen LogP contribution in [0.25, 0.3) is 0 Å². The van der Waals surface area contributed by atoms with Gasteiger partial charge in [0.2, 0.25) is 11.9 Å². The fraction of sp³-hybridized carbons (Fsp3) is 0.150. The average Bonchev–Trinajstić information content (AvgIpc) is 2.62. The molecule has 0 atom stereocenters. The van der Waals surface area contributed by atoms with Crippen molar-refractivity contribution in [3.63, 3.8) is 0 Å². The summed E-state index contributed by atoms with van der Waals surface area (Å²) in [5, 5.41) is 5.69. The van der Waals surface area contributed by atoms with Gasteiger partial charge in [-0.15, -0.1) is 0 Å². The van der Waals surface area contributed by atoms with E-state index in [0.717, 1.165) is 17.1 Å². The first-order valence-corrected chi connectivity index (χ1v) is 10.3. The van der Waals surface area contributed by atoms with Crippen molar-refractivity contribution in [2.75, 3.05) is 15.4 Å². The molecular weight excluding hydrogens is 390 g/mol. The van der Waals surface area contributed by atoms with Gasteiger partial charge in [0.1, 0.15) is 0 Å². The largest absolute Gasteiger partial charge is 0.326 e. The molecule has 1 aromatic heterocycles. The Kier molecular flexibility index (Phi) is 5.79. The molecule has 2 aromatic carbocycles. The Labute approximate surface area is 169 Å². The number of aromatic nitrogens is 2. The SMILES string of the molecule is CC(=O)Nc1ccc(S(=O)(=O)Nc2ccc(Nc3nc(C)cc(C)n3)cc2)cc1. The summed E-state index contributed by atoms with van der Waals surface area (Å²) in [4.78, 5) is 19.8. The van der Waals surface area contributed by atoms with Gasteiger partial charge in [0.25, 0.3) is 10.0 Å². The second kappa shape index (κ2) is 8.27. The van der Waals surface area contributed by atoms with Crippen LogP contribution in [0.1, 0.15) is 18.3 Å². The summed E-state index contributed by atoms with van der Waals surface area (Å²) in [7, 11) is -3.75. The number of nitrogens with one attached hydrogen (secondary N) is 3. The Morgan fingerprint density at radius 1 is 0.828 bits per heavy atom. The second-order valence-corrected chi connectivity index (χ2v) is 8.17. The number of carbonyl (C=O) groups excluding carboxylic acids is 1. The van der Waals surface area contributed by atoms with E-state index in [9.17, 15) is 13.2 Å². The molecule has 0 bridgehead atoms.